The van der Waals surface area contributed by atoms with E-state index in [2.05, 4.69) is 5.32 Å². The molecule has 0 aliphatic heterocycles. The zero-order valence-electron chi connectivity index (χ0n) is 11.5. The van der Waals surface area contributed by atoms with Gasteiger partial charge in [0.25, 0.3) is 5.91 Å². The van der Waals surface area contributed by atoms with E-state index in [-0.39, 0.29) is 10.9 Å². The fourth-order valence-corrected chi connectivity index (χ4v) is 1.94. The third kappa shape index (κ3) is 3.95. The number of halogens is 2. The van der Waals surface area contributed by atoms with E-state index >= 15 is 0 Å². The smallest absolute Gasteiger partial charge is 0.259 e. The number of carbonyl (C=O) groups excluding carboxylic acids is 1. The van der Waals surface area contributed by atoms with Crippen molar-refractivity contribution >= 4 is 23.2 Å². The van der Waals surface area contributed by atoms with E-state index in [9.17, 15) is 9.18 Å². The second-order valence-electron chi connectivity index (χ2n) is 4.43. The molecule has 0 fully saturated rings. The van der Waals surface area contributed by atoms with Gasteiger partial charge >= 0.3 is 0 Å². The molecule has 0 heterocycles. The highest BCUT2D eigenvalue weighted by molar-refractivity contribution is 6.31. The molecule has 0 aliphatic carbocycles. The zero-order valence-corrected chi connectivity index (χ0v) is 12.3. The van der Waals surface area contributed by atoms with Crippen molar-refractivity contribution in [3.05, 3.63) is 58.9 Å². The molecule has 21 heavy (non-hydrogen) atoms. The average molecular weight is 308 g/mol. The van der Waals surface area contributed by atoms with Gasteiger partial charge in [0.2, 0.25) is 0 Å². The van der Waals surface area contributed by atoms with Crippen LogP contribution in [0.4, 0.5) is 10.1 Å². The molecule has 0 radical (unpaired) electrons. The SMILES string of the molecule is CCCOc1ccccc1C(=O)Nc1ccc(F)c(Cl)c1. The first-order chi connectivity index (χ1) is 10.1. The monoisotopic (exact) mass is 307 g/mol. The van der Waals surface area contributed by atoms with Crippen LogP contribution in [0.5, 0.6) is 5.75 Å². The van der Waals surface area contributed by atoms with Crippen LogP contribution in [0, 0.1) is 5.82 Å². The van der Waals surface area contributed by atoms with Gasteiger partial charge in [-0.25, -0.2) is 4.39 Å². The topological polar surface area (TPSA) is 38.3 Å². The van der Waals surface area contributed by atoms with E-state index < -0.39 is 5.82 Å². The molecule has 2 rings (SSSR count). The number of anilines is 1. The van der Waals surface area contributed by atoms with Crippen LogP contribution in [0.15, 0.2) is 42.5 Å². The van der Waals surface area contributed by atoms with Crippen LogP contribution in [0.25, 0.3) is 0 Å². The van der Waals surface area contributed by atoms with Gasteiger partial charge in [-0.1, -0.05) is 30.7 Å². The lowest BCUT2D eigenvalue weighted by atomic mass is 10.2. The molecular weight excluding hydrogens is 293 g/mol. The predicted octanol–water partition coefficient (Wildman–Crippen LogP) is 4.52. The molecule has 0 unspecified atom stereocenters. The number of benzene rings is 2. The normalized spacial score (nSPS) is 10.2. The summed E-state index contributed by atoms with van der Waals surface area (Å²) < 4.78 is 18.6. The Bertz CT molecular complexity index is 646. The van der Waals surface area contributed by atoms with Crippen molar-refractivity contribution in [1.82, 2.24) is 0 Å². The highest BCUT2D eigenvalue weighted by Gasteiger charge is 2.12. The first kappa shape index (κ1) is 15.3. The first-order valence-corrected chi connectivity index (χ1v) is 6.98. The highest BCUT2D eigenvalue weighted by atomic mass is 35.5. The molecule has 5 heteroatoms. The van der Waals surface area contributed by atoms with Gasteiger partial charge < -0.3 is 10.1 Å². The van der Waals surface area contributed by atoms with Crippen molar-refractivity contribution in [1.29, 1.82) is 0 Å². The average Bonchev–Trinajstić information content (AvgIpc) is 2.49. The Kier molecular flexibility index (Phi) is 5.17. The van der Waals surface area contributed by atoms with Gasteiger partial charge in [-0.15, -0.1) is 0 Å². The minimum Gasteiger partial charge on any atom is -0.493 e. The maximum atomic E-state index is 13.1. The summed E-state index contributed by atoms with van der Waals surface area (Å²) in [5.74, 6) is -0.337. The summed E-state index contributed by atoms with van der Waals surface area (Å²) >= 11 is 5.69. The van der Waals surface area contributed by atoms with Gasteiger partial charge in [0, 0.05) is 5.69 Å². The summed E-state index contributed by atoms with van der Waals surface area (Å²) in [6.45, 7) is 2.52. The van der Waals surface area contributed by atoms with Crippen LogP contribution >= 0.6 is 11.6 Å². The van der Waals surface area contributed by atoms with Crippen LogP contribution in [0.2, 0.25) is 5.02 Å². The molecule has 0 bridgehead atoms. The van der Waals surface area contributed by atoms with Crippen LogP contribution in [0.3, 0.4) is 0 Å². The number of hydrogen-bond acceptors (Lipinski definition) is 2. The van der Waals surface area contributed by atoms with E-state index in [0.717, 1.165) is 6.42 Å². The number of carbonyl (C=O) groups is 1. The molecule has 0 saturated carbocycles. The van der Waals surface area contributed by atoms with Crippen molar-refractivity contribution in [2.24, 2.45) is 0 Å². The zero-order chi connectivity index (χ0) is 15.2. The fourth-order valence-electron chi connectivity index (χ4n) is 1.76. The van der Waals surface area contributed by atoms with E-state index in [4.69, 9.17) is 16.3 Å². The number of ether oxygens (including phenoxy) is 1. The van der Waals surface area contributed by atoms with E-state index in [1.807, 2.05) is 6.92 Å². The lowest BCUT2D eigenvalue weighted by molar-refractivity contribution is 0.102. The van der Waals surface area contributed by atoms with Crippen molar-refractivity contribution in [2.75, 3.05) is 11.9 Å². The molecule has 110 valence electrons. The third-order valence-corrected chi connectivity index (χ3v) is 3.06. The van der Waals surface area contributed by atoms with Crippen LogP contribution in [-0.4, -0.2) is 12.5 Å². The van der Waals surface area contributed by atoms with Gasteiger partial charge in [-0.05, 0) is 36.8 Å². The van der Waals surface area contributed by atoms with E-state index in [0.29, 0.717) is 23.6 Å². The summed E-state index contributed by atoms with van der Waals surface area (Å²) in [7, 11) is 0. The molecule has 0 saturated heterocycles. The van der Waals surface area contributed by atoms with Crippen molar-refractivity contribution in [3.8, 4) is 5.75 Å². The summed E-state index contributed by atoms with van der Waals surface area (Å²) in [6, 6.07) is 11.0. The molecule has 2 aromatic carbocycles. The van der Waals surface area contributed by atoms with Gasteiger partial charge in [0.15, 0.2) is 0 Å². The lowest BCUT2D eigenvalue weighted by Crippen LogP contribution is -2.14. The molecule has 0 atom stereocenters. The molecule has 0 spiro atoms. The molecule has 3 nitrogen and oxygen atoms in total. The summed E-state index contributed by atoms with van der Waals surface area (Å²) in [5.41, 5.74) is 0.850. The largest absolute Gasteiger partial charge is 0.493 e. The molecule has 2 aromatic rings. The summed E-state index contributed by atoms with van der Waals surface area (Å²) in [6.07, 6.45) is 0.851. The van der Waals surface area contributed by atoms with E-state index in [1.165, 1.54) is 18.2 Å². The molecule has 1 amide bonds. The summed E-state index contributed by atoms with van der Waals surface area (Å²) in [5, 5.41) is 2.63. The Morgan fingerprint density at radius 1 is 1.29 bits per heavy atom. The van der Waals surface area contributed by atoms with Gasteiger partial charge in [-0.2, -0.15) is 0 Å². The Morgan fingerprint density at radius 3 is 2.76 bits per heavy atom. The van der Waals surface area contributed by atoms with Gasteiger partial charge in [-0.3, -0.25) is 4.79 Å². The van der Waals surface area contributed by atoms with E-state index in [1.54, 1.807) is 24.3 Å². The molecule has 0 aromatic heterocycles. The van der Waals surface area contributed by atoms with Crippen molar-refractivity contribution in [3.63, 3.8) is 0 Å². The minimum atomic E-state index is -0.527. The second kappa shape index (κ2) is 7.09. The predicted molar refractivity (Wildman–Crippen MR) is 81.6 cm³/mol. The Labute approximate surface area is 127 Å². The fraction of sp³-hybridized carbons (Fsp3) is 0.188. The molecule has 0 aliphatic rings. The quantitative estimate of drug-likeness (QED) is 0.882. The summed E-state index contributed by atoms with van der Waals surface area (Å²) in [4.78, 5) is 12.3. The number of para-hydroxylation sites is 1. The van der Waals surface area contributed by atoms with Gasteiger partial charge in [0.05, 0.1) is 17.2 Å². The third-order valence-electron chi connectivity index (χ3n) is 2.77. The standard InChI is InChI=1S/C16H15ClFNO2/c1-2-9-21-15-6-4-3-5-12(15)16(20)19-11-7-8-14(18)13(17)10-11/h3-8,10H,2,9H2,1H3,(H,19,20). The van der Waals surface area contributed by atoms with Crippen molar-refractivity contribution in [2.45, 2.75) is 13.3 Å². The van der Waals surface area contributed by atoms with Crippen molar-refractivity contribution < 1.29 is 13.9 Å². The maximum Gasteiger partial charge on any atom is 0.259 e. The number of nitrogens with one attached hydrogen (secondary N) is 1. The Morgan fingerprint density at radius 2 is 2.05 bits per heavy atom. The maximum absolute atomic E-state index is 13.1. The first-order valence-electron chi connectivity index (χ1n) is 6.60. The van der Waals surface area contributed by atoms with Crippen LogP contribution < -0.4 is 10.1 Å². The Balaban J connectivity index is 2.18. The lowest BCUT2D eigenvalue weighted by Gasteiger charge is -2.11. The second-order valence-corrected chi connectivity index (χ2v) is 4.83. The van der Waals surface area contributed by atoms with Crippen LogP contribution in [0.1, 0.15) is 23.7 Å². The van der Waals surface area contributed by atoms with Crippen LogP contribution in [-0.2, 0) is 0 Å². The minimum absolute atomic E-state index is 0.0386. The molecular formula is C16H15ClFNO2. The number of amides is 1. The molecule has 1 N–H and O–H groups in total. The number of rotatable bonds is 5. The highest BCUT2D eigenvalue weighted by Crippen LogP contribution is 2.22. The number of hydrogen-bond donors (Lipinski definition) is 1. The Hall–Kier alpha value is -2.07. The van der Waals surface area contributed by atoms with Gasteiger partial charge in [0.1, 0.15) is 11.6 Å².